The number of methoxy groups -OCH3 is 1. The Balaban J connectivity index is 2.25. The van der Waals surface area contributed by atoms with Crippen LogP contribution in [0, 0.1) is 0 Å². The monoisotopic (exact) mass is 194 g/mol. The summed E-state index contributed by atoms with van der Waals surface area (Å²) in [4.78, 5) is 3.99. The van der Waals surface area contributed by atoms with Gasteiger partial charge in [-0.05, 0) is 37.6 Å². The summed E-state index contributed by atoms with van der Waals surface area (Å²) < 4.78 is 4.98. The van der Waals surface area contributed by atoms with E-state index in [1.54, 1.807) is 7.11 Å². The van der Waals surface area contributed by atoms with E-state index in [1.165, 1.54) is 5.56 Å². The quantitative estimate of drug-likeness (QED) is 0.701. The van der Waals surface area contributed by atoms with Crippen molar-refractivity contribution < 1.29 is 4.74 Å². The summed E-state index contributed by atoms with van der Waals surface area (Å²) >= 11 is 0. The third-order valence-electron chi connectivity index (χ3n) is 2.18. The molecule has 1 aromatic heterocycles. The molecule has 0 radical (unpaired) electrons. The van der Waals surface area contributed by atoms with Gasteiger partial charge in [-0.1, -0.05) is 0 Å². The maximum absolute atomic E-state index is 4.98. The van der Waals surface area contributed by atoms with Gasteiger partial charge in [0.25, 0.3) is 0 Å². The number of pyridine rings is 1. The van der Waals surface area contributed by atoms with Crippen LogP contribution in [0.1, 0.15) is 24.9 Å². The zero-order valence-corrected chi connectivity index (χ0v) is 8.86. The first-order valence-corrected chi connectivity index (χ1v) is 4.97. The van der Waals surface area contributed by atoms with Crippen LogP contribution in [0.15, 0.2) is 24.5 Å². The first-order valence-electron chi connectivity index (χ1n) is 4.97. The van der Waals surface area contributed by atoms with Gasteiger partial charge in [-0.3, -0.25) is 4.98 Å². The zero-order chi connectivity index (χ0) is 10.2. The minimum Gasteiger partial charge on any atom is -0.385 e. The van der Waals surface area contributed by atoms with E-state index in [2.05, 4.69) is 17.2 Å². The number of hydrogen-bond donors (Lipinski definition) is 1. The van der Waals surface area contributed by atoms with Gasteiger partial charge in [-0.15, -0.1) is 0 Å². The molecule has 0 aliphatic heterocycles. The normalized spacial score (nSPS) is 12.7. The van der Waals surface area contributed by atoms with Gasteiger partial charge >= 0.3 is 0 Å². The molecule has 1 atom stereocenters. The Bertz CT molecular complexity index is 238. The van der Waals surface area contributed by atoms with Gasteiger partial charge in [-0.2, -0.15) is 0 Å². The number of aromatic nitrogens is 1. The van der Waals surface area contributed by atoms with Crippen LogP contribution < -0.4 is 5.32 Å². The Kier molecular flexibility index (Phi) is 5.19. The average molecular weight is 194 g/mol. The van der Waals surface area contributed by atoms with Gasteiger partial charge in [0.05, 0.1) is 0 Å². The topological polar surface area (TPSA) is 34.1 Å². The lowest BCUT2D eigenvalue weighted by atomic mass is 10.1. The van der Waals surface area contributed by atoms with Crippen molar-refractivity contribution in [3.05, 3.63) is 30.1 Å². The zero-order valence-electron chi connectivity index (χ0n) is 8.86. The highest BCUT2D eigenvalue weighted by Crippen LogP contribution is 2.09. The molecule has 0 aliphatic carbocycles. The summed E-state index contributed by atoms with van der Waals surface area (Å²) in [6.45, 7) is 3.95. The molecule has 0 spiro atoms. The van der Waals surface area contributed by atoms with Gasteiger partial charge in [0.2, 0.25) is 0 Å². The number of nitrogens with one attached hydrogen (secondary N) is 1. The first-order chi connectivity index (χ1) is 6.84. The Morgan fingerprint density at radius 1 is 1.43 bits per heavy atom. The maximum Gasteiger partial charge on any atom is 0.0474 e. The van der Waals surface area contributed by atoms with Crippen LogP contribution in [-0.2, 0) is 4.74 Å². The molecule has 78 valence electrons. The summed E-state index contributed by atoms with van der Waals surface area (Å²) in [6, 6.07) is 4.46. The summed E-state index contributed by atoms with van der Waals surface area (Å²) in [6.07, 6.45) is 4.69. The highest BCUT2D eigenvalue weighted by molar-refractivity contribution is 5.13. The molecule has 3 heteroatoms. The standard InChI is InChI=1S/C11H18N2O/c1-10(13-6-3-9-14-2)11-4-7-12-8-5-11/h4-5,7-8,10,13H,3,6,9H2,1-2H3. The van der Waals surface area contributed by atoms with Gasteiger partial charge in [0.1, 0.15) is 0 Å². The van der Waals surface area contributed by atoms with Gasteiger partial charge in [0.15, 0.2) is 0 Å². The molecule has 0 saturated carbocycles. The van der Waals surface area contributed by atoms with Crippen molar-refractivity contribution in [3.8, 4) is 0 Å². The van der Waals surface area contributed by atoms with Crippen LogP contribution in [-0.4, -0.2) is 25.2 Å². The van der Waals surface area contributed by atoms with Crippen molar-refractivity contribution in [3.63, 3.8) is 0 Å². The number of nitrogens with zero attached hydrogens (tertiary/aromatic N) is 1. The third kappa shape index (κ3) is 3.85. The van der Waals surface area contributed by atoms with E-state index in [0.717, 1.165) is 19.6 Å². The van der Waals surface area contributed by atoms with Gasteiger partial charge in [0, 0.05) is 32.2 Å². The average Bonchev–Trinajstić information content (AvgIpc) is 2.25. The summed E-state index contributed by atoms with van der Waals surface area (Å²) in [5.41, 5.74) is 1.28. The van der Waals surface area contributed by atoms with Crippen LogP contribution >= 0.6 is 0 Å². The highest BCUT2D eigenvalue weighted by atomic mass is 16.5. The van der Waals surface area contributed by atoms with Crippen molar-refractivity contribution in [1.82, 2.24) is 10.3 Å². The second-order valence-corrected chi connectivity index (χ2v) is 3.30. The molecule has 1 N–H and O–H groups in total. The molecule has 3 nitrogen and oxygen atoms in total. The molecule has 0 fully saturated rings. The Morgan fingerprint density at radius 2 is 2.14 bits per heavy atom. The van der Waals surface area contributed by atoms with Crippen LogP contribution in [0.5, 0.6) is 0 Å². The Morgan fingerprint density at radius 3 is 2.79 bits per heavy atom. The fraction of sp³-hybridized carbons (Fsp3) is 0.545. The van der Waals surface area contributed by atoms with Crippen molar-refractivity contribution >= 4 is 0 Å². The van der Waals surface area contributed by atoms with Crippen LogP contribution in [0.25, 0.3) is 0 Å². The number of hydrogen-bond acceptors (Lipinski definition) is 3. The fourth-order valence-corrected chi connectivity index (χ4v) is 1.31. The summed E-state index contributed by atoms with van der Waals surface area (Å²) in [5.74, 6) is 0. The second kappa shape index (κ2) is 6.51. The summed E-state index contributed by atoms with van der Waals surface area (Å²) in [7, 11) is 1.73. The van der Waals surface area contributed by atoms with Crippen molar-refractivity contribution in [2.24, 2.45) is 0 Å². The van der Waals surface area contributed by atoms with E-state index < -0.39 is 0 Å². The van der Waals surface area contributed by atoms with Crippen LogP contribution in [0.4, 0.5) is 0 Å². The molecular weight excluding hydrogens is 176 g/mol. The maximum atomic E-state index is 4.98. The molecule has 1 rings (SSSR count). The molecule has 0 bridgehead atoms. The molecule has 1 aromatic rings. The first kappa shape index (κ1) is 11.1. The van der Waals surface area contributed by atoms with Gasteiger partial charge < -0.3 is 10.1 Å². The van der Waals surface area contributed by atoms with Crippen LogP contribution in [0.3, 0.4) is 0 Å². The SMILES string of the molecule is COCCCNC(C)c1ccncc1. The van der Waals surface area contributed by atoms with E-state index >= 15 is 0 Å². The summed E-state index contributed by atoms with van der Waals surface area (Å²) in [5, 5.41) is 3.43. The molecule has 14 heavy (non-hydrogen) atoms. The Hall–Kier alpha value is -0.930. The predicted molar refractivity (Wildman–Crippen MR) is 57.1 cm³/mol. The minimum atomic E-state index is 0.384. The molecule has 0 aromatic carbocycles. The molecule has 0 amide bonds. The smallest absolute Gasteiger partial charge is 0.0474 e. The second-order valence-electron chi connectivity index (χ2n) is 3.30. The number of rotatable bonds is 6. The van der Waals surface area contributed by atoms with E-state index in [9.17, 15) is 0 Å². The lowest BCUT2D eigenvalue weighted by Crippen LogP contribution is -2.20. The van der Waals surface area contributed by atoms with E-state index in [0.29, 0.717) is 6.04 Å². The molecule has 1 unspecified atom stereocenters. The highest BCUT2D eigenvalue weighted by Gasteiger charge is 2.02. The molecule has 0 aliphatic rings. The van der Waals surface area contributed by atoms with Crippen molar-refractivity contribution in [2.45, 2.75) is 19.4 Å². The number of ether oxygens (including phenoxy) is 1. The van der Waals surface area contributed by atoms with Crippen LogP contribution in [0.2, 0.25) is 0 Å². The molecule has 0 saturated heterocycles. The minimum absolute atomic E-state index is 0.384. The van der Waals surface area contributed by atoms with E-state index in [1.807, 2.05) is 24.5 Å². The molecule has 1 heterocycles. The molecular formula is C11H18N2O. The fourth-order valence-electron chi connectivity index (χ4n) is 1.31. The predicted octanol–water partition coefficient (Wildman–Crippen LogP) is 1.77. The largest absolute Gasteiger partial charge is 0.385 e. The van der Waals surface area contributed by atoms with E-state index in [4.69, 9.17) is 4.74 Å². The van der Waals surface area contributed by atoms with Gasteiger partial charge in [-0.25, -0.2) is 0 Å². The Labute approximate surface area is 85.5 Å². The van der Waals surface area contributed by atoms with Crippen molar-refractivity contribution in [2.75, 3.05) is 20.3 Å². The van der Waals surface area contributed by atoms with E-state index in [-0.39, 0.29) is 0 Å². The lowest BCUT2D eigenvalue weighted by Gasteiger charge is -2.13. The lowest BCUT2D eigenvalue weighted by molar-refractivity contribution is 0.193. The van der Waals surface area contributed by atoms with Crippen molar-refractivity contribution in [1.29, 1.82) is 0 Å². The third-order valence-corrected chi connectivity index (χ3v) is 2.18.